The number of hydrogen-bond donors (Lipinski definition) is 2. The number of benzene rings is 1. The molecule has 0 aliphatic heterocycles. The molecule has 1 rings (SSSR count). The molecule has 0 aromatic heterocycles. The molecule has 2 atom stereocenters. The fourth-order valence-electron chi connectivity index (χ4n) is 3.62. The van der Waals surface area contributed by atoms with Gasteiger partial charge in [0.05, 0.1) is 18.8 Å². The minimum absolute atomic E-state index is 0.206. The summed E-state index contributed by atoms with van der Waals surface area (Å²) in [4.78, 5) is 10.5. The molecule has 1 aromatic rings. The number of hydrogen-bond acceptors (Lipinski definition) is 3. The van der Waals surface area contributed by atoms with Crippen molar-refractivity contribution in [2.24, 2.45) is 0 Å². The van der Waals surface area contributed by atoms with Crippen LogP contribution >= 0.6 is 0 Å². The Labute approximate surface area is 177 Å². The zero-order valence-corrected chi connectivity index (χ0v) is 18.4. The number of unbranched alkanes of at least 4 members (excludes halogenated alkanes) is 6. The Hall–Kier alpha value is -1.39. The number of carbonyl (C=O) groups is 1. The molecule has 2 unspecified atom stereocenters. The summed E-state index contributed by atoms with van der Waals surface area (Å²) >= 11 is 0. The number of aliphatic carboxylic acids is 1. The fourth-order valence-corrected chi connectivity index (χ4v) is 3.62. The first-order valence-electron chi connectivity index (χ1n) is 11.7. The van der Waals surface area contributed by atoms with E-state index in [2.05, 4.69) is 19.1 Å². The lowest BCUT2D eigenvalue weighted by Gasteiger charge is -2.19. The highest BCUT2D eigenvalue weighted by molar-refractivity contribution is 5.66. The molecule has 1 aromatic carbocycles. The maximum atomic E-state index is 10.5. The average molecular weight is 407 g/mol. The van der Waals surface area contributed by atoms with Crippen molar-refractivity contribution < 1.29 is 19.7 Å². The van der Waals surface area contributed by atoms with E-state index in [1.165, 1.54) is 18.4 Å². The molecule has 0 fully saturated rings. The van der Waals surface area contributed by atoms with Crippen LogP contribution in [0.5, 0.6) is 0 Å². The monoisotopic (exact) mass is 406 g/mol. The maximum absolute atomic E-state index is 10.5. The predicted molar refractivity (Wildman–Crippen MR) is 119 cm³/mol. The number of ether oxygens (including phenoxy) is 1. The summed E-state index contributed by atoms with van der Waals surface area (Å²) in [6.45, 7) is 2.88. The van der Waals surface area contributed by atoms with Crippen LogP contribution in [0, 0.1) is 0 Å². The van der Waals surface area contributed by atoms with Crippen molar-refractivity contribution >= 4 is 5.97 Å². The quantitative estimate of drug-likeness (QED) is 0.257. The van der Waals surface area contributed by atoms with Crippen molar-refractivity contribution in [3.63, 3.8) is 0 Å². The van der Waals surface area contributed by atoms with Crippen LogP contribution in [0.15, 0.2) is 30.3 Å². The summed E-state index contributed by atoms with van der Waals surface area (Å²) in [5.41, 5.74) is 1.22. The van der Waals surface area contributed by atoms with Crippen molar-refractivity contribution in [1.29, 1.82) is 0 Å². The van der Waals surface area contributed by atoms with Crippen molar-refractivity contribution in [2.75, 3.05) is 0 Å². The van der Waals surface area contributed by atoms with Gasteiger partial charge in [0.1, 0.15) is 0 Å². The van der Waals surface area contributed by atoms with Gasteiger partial charge in [0, 0.05) is 6.42 Å². The first-order valence-corrected chi connectivity index (χ1v) is 11.7. The Morgan fingerprint density at radius 1 is 0.862 bits per heavy atom. The third-order valence-electron chi connectivity index (χ3n) is 5.45. The van der Waals surface area contributed by atoms with E-state index in [-0.39, 0.29) is 18.6 Å². The van der Waals surface area contributed by atoms with Crippen LogP contribution in [0.1, 0.15) is 102 Å². The van der Waals surface area contributed by atoms with Gasteiger partial charge in [-0.3, -0.25) is 4.79 Å². The molecular weight excluding hydrogens is 364 g/mol. The fraction of sp³-hybridized carbons (Fsp3) is 0.720. The van der Waals surface area contributed by atoms with E-state index < -0.39 is 5.97 Å². The van der Waals surface area contributed by atoms with Gasteiger partial charge >= 0.3 is 5.97 Å². The minimum atomic E-state index is -0.699. The van der Waals surface area contributed by atoms with Gasteiger partial charge in [-0.15, -0.1) is 0 Å². The third kappa shape index (κ3) is 15.2. The highest BCUT2D eigenvalue weighted by atomic mass is 16.5. The molecule has 4 heteroatoms. The van der Waals surface area contributed by atoms with Crippen molar-refractivity contribution in [2.45, 2.75) is 116 Å². The maximum Gasteiger partial charge on any atom is 0.303 e. The van der Waals surface area contributed by atoms with Gasteiger partial charge in [-0.2, -0.15) is 0 Å². The summed E-state index contributed by atoms with van der Waals surface area (Å²) in [6, 6.07) is 10.3. The van der Waals surface area contributed by atoms with E-state index >= 15 is 0 Å². The van der Waals surface area contributed by atoms with Crippen LogP contribution in [-0.2, 0) is 16.1 Å². The van der Waals surface area contributed by atoms with Crippen LogP contribution in [0.2, 0.25) is 0 Å². The second-order valence-electron chi connectivity index (χ2n) is 8.20. The summed E-state index contributed by atoms with van der Waals surface area (Å²) < 4.78 is 6.15. The van der Waals surface area contributed by atoms with Crippen LogP contribution < -0.4 is 0 Å². The normalized spacial score (nSPS) is 13.3. The van der Waals surface area contributed by atoms with Crippen molar-refractivity contribution in [3.8, 4) is 0 Å². The molecule has 0 heterocycles. The Bertz CT molecular complexity index is 503. The standard InChI is InChI=1S/C25H42O4/c1-2-3-18-24(29-21-22-14-9-8-10-15-22)19-13-17-23(26)16-11-6-4-5-7-12-20-25(27)28/h8-10,14-15,23-24,26H,2-7,11-13,16-21H2,1H3,(H,27,28). The highest BCUT2D eigenvalue weighted by Gasteiger charge is 2.11. The van der Waals surface area contributed by atoms with E-state index in [0.717, 1.165) is 70.6 Å². The van der Waals surface area contributed by atoms with Crippen LogP contribution in [-0.4, -0.2) is 28.4 Å². The molecule has 0 saturated heterocycles. The molecule has 166 valence electrons. The number of aliphatic hydroxyl groups excluding tert-OH is 1. The van der Waals surface area contributed by atoms with Crippen molar-refractivity contribution in [1.82, 2.24) is 0 Å². The summed E-state index contributed by atoms with van der Waals surface area (Å²) in [7, 11) is 0. The molecule has 2 N–H and O–H groups in total. The second-order valence-corrected chi connectivity index (χ2v) is 8.20. The lowest BCUT2D eigenvalue weighted by molar-refractivity contribution is -0.137. The first kappa shape index (κ1) is 25.6. The highest BCUT2D eigenvalue weighted by Crippen LogP contribution is 2.18. The number of carboxylic acids is 1. The molecular formula is C25H42O4. The second kappa shape index (κ2) is 17.5. The van der Waals surface area contributed by atoms with Crippen molar-refractivity contribution in [3.05, 3.63) is 35.9 Å². The van der Waals surface area contributed by atoms with E-state index in [9.17, 15) is 9.90 Å². The number of aliphatic hydroxyl groups is 1. The Morgan fingerprint density at radius 2 is 1.48 bits per heavy atom. The smallest absolute Gasteiger partial charge is 0.303 e. The van der Waals surface area contributed by atoms with Crippen LogP contribution in [0.3, 0.4) is 0 Å². The van der Waals surface area contributed by atoms with E-state index in [0.29, 0.717) is 6.61 Å². The van der Waals surface area contributed by atoms with Crippen LogP contribution in [0.25, 0.3) is 0 Å². The lowest BCUT2D eigenvalue weighted by Crippen LogP contribution is -2.15. The van der Waals surface area contributed by atoms with Gasteiger partial charge in [0.25, 0.3) is 0 Å². The van der Waals surface area contributed by atoms with E-state index in [4.69, 9.17) is 9.84 Å². The van der Waals surface area contributed by atoms with Gasteiger partial charge in [0.2, 0.25) is 0 Å². The summed E-state index contributed by atoms with van der Waals surface area (Å²) in [6.07, 6.45) is 13.8. The zero-order chi connectivity index (χ0) is 21.2. The van der Waals surface area contributed by atoms with E-state index in [1.807, 2.05) is 18.2 Å². The molecule has 0 aliphatic carbocycles. The van der Waals surface area contributed by atoms with Gasteiger partial charge < -0.3 is 14.9 Å². The van der Waals surface area contributed by atoms with Gasteiger partial charge in [-0.1, -0.05) is 82.2 Å². The Balaban J connectivity index is 2.08. The largest absolute Gasteiger partial charge is 0.481 e. The number of carboxylic acid groups (broad SMARTS) is 1. The van der Waals surface area contributed by atoms with Crippen LogP contribution in [0.4, 0.5) is 0 Å². The third-order valence-corrected chi connectivity index (χ3v) is 5.45. The zero-order valence-electron chi connectivity index (χ0n) is 18.4. The molecule has 0 aliphatic rings. The first-order chi connectivity index (χ1) is 14.1. The molecule has 29 heavy (non-hydrogen) atoms. The van der Waals surface area contributed by atoms with E-state index in [1.54, 1.807) is 0 Å². The van der Waals surface area contributed by atoms with Gasteiger partial charge in [0.15, 0.2) is 0 Å². The molecule has 0 radical (unpaired) electrons. The minimum Gasteiger partial charge on any atom is -0.481 e. The molecule has 0 spiro atoms. The average Bonchev–Trinajstić information content (AvgIpc) is 2.72. The molecule has 0 amide bonds. The SMILES string of the molecule is CCCCC(CCCC(O)CCCCCCCCC(=O)O)OCc1ccccc1. The predicted octanol–water partition coefficient (Wildman–Crippen LogP) is 6.50. The Morgan fingerprint density at radius 3 is 2.17 bits per heavy atom. The lowest BCUT2D eigenvalue weighted by atomic mass is 10.0. The molecule has 0 bridgehead atoms. The van der Waals surface area contributed by atoms with Gasteiger partial charge in [-0.25, -0.2) is 0 Å². The molecule has 0 saturated carbocycles. The van der Waals surface area contributed by atoms with Gasteiger partial charge in [-0.05, 0) is 44.1 Å². The summed E-state index contributed by atoms with van der Waals surface area (Å²) in [5, 5.41) is 18.9. The number of rotatable bonds is 19. The summed E-state index contributed by atoms with van der Waals surface area (Å²) in [5.74, 6) is -0.699. The Kier molecular flexibility index (Phi) is 15.4. The topological polar surface area (TPSA) is 66.8 Å². The molecule has 4 nitrogen and oxygen atoms in total.